The molecular formula is C8H16ClNO. The summed E-state index contributed by atoms with van der Waals surface area (Å²) in [4.78, 5) is 2.15. The van der Waals surface area contributed by atoms with Crippen molar-refractivity contribution in [1.82, 2.24) is 4.90 Å². The molecule has 0 bridgehead atoms. The first-order valence-corrected chi connectivity index (χ1v) is 4.37. The Kier molecular flexibility index (Phi) is 8.01. The Morgan fingerprint density at radius 3 is 2.64 bits per heavy atom. The van der Waals surface area contributed by atoms with Crippen molar-refractivity contribution in [2.75, 3.05) is 26.2 Å². The molecule has 0 rings (SSSR count). The molecule has 0 radical (unpaired) electrons. The van der Waals surface area contributed by atoms with Gasteiger partial charge in [0.05, 0.1) is 6.61 Å². The molecule has 0 unspecified atom stereocenters. The lowest BCUT2D eigenvalue weighted by atomic mass is 10.4. The van der Waals surface area contributed by atoms with Gasteiger partial charge >= 0.3 is 0 Å². The van der Waals surface area contributed by atoms with Gasteiger partial charge in [0.25, 0.3) is 0 Å². The number of hydrogen-bond acceptors (Lipinski definition) is 2. The van der Waals surface area contributed by atoms with Crippen LogP contribution in [0.1, 0.15) is 13.3 Å². The maximum absolute atomic E-state index is 8.66. The first kappa shape index (κ1) is 11.0. The molecule has 2 nitrogen and oxygen atoms in total. The average molecular weight is 178 g/mol. The zero-order valence-electron chi connectivity index (χ0n) is 6.96. The van der Waals surface area contributed by atoms with Crippen LogP contribution in [0.4, 0.5) is 0 Å². The van der Waals surface area contributed by atoms with Crippen LogP contribution < -0.4 is 0 Å². The second kappa shape index (κ2) is 8.05. The monoisotopic (exact) mass is 177 g/mol. The van der Waals surface area contributed by atoms with E-state index in [9.17, 15) is 0 Å². The molecule has 66 valence electrons. The van der Waals surface area contributed by atoms with Crippen LogP contribution in [-0.2, 0) is 0 Å². The summed E-state index contributed by atoms with van der Waals surface area (Å²) < 4.78 is 0. The van der Waals surface area contributed by atoms with E-state index in [2.05, 4.69) is 11.8 Å². The molecule has 0 aromatic heterocycles. The molecule has 0 aliphatic heterocycles. The van der Waals surface area contributed by atoms with Gasteiger partial charge in [0.1, 0.15) is 0 Å². The fraction of sp³-hybridized carbons (Fsp3) is 0.750. The molecule has 0 spiro atoms. The maximum atomic E-state index is 8.66. The lowest BCUT2D eigenvalue weighted by Gasteiger charge is -2.17. The zero-order chi connectivity index (χ0) is 8.53. The summed E-state index contributed by atoms with van der Waals surface area (Å²) in [7, 11) is 0. The molecule has 0 atom stereocenters. The van der Waals surface area contributed by atoms with Gasteiger partial charge in [-0.3, -0.25) is 4.90 Å². The van der Waals surface area contributed by atoms with Gasteiger partial charge in [-0.15, -0.1) is 0 Å². The minimum atomic E-state index is 0.218. The van der Waals surface area contributed by atoms with E-state index in [-0.39, 0.29) is 6.61 Å². The molecule has 1 N–H and O–H groups in total. The van der Waals surface area contributed by atoms with Crippen LogP contribution in [0.25, 0.3) is 0 Å². The first-order chi connectivity index (χ1) is 5.35. The van der Waals surface area contributed by atoms with Gasteiger partial charge in [-0.1, -0.05) is 24.6 Å². The second-order valence-electron chi connectivity index (χ2n) is 2.39. The lowest BCUT2D eigenvalue weighted by Crippen LogP contribution is -2.27. The number of aliphatic hydroxyl groups is 1. The Bertz CT molecular complexity index is 100. The third-order valence-corrected chi connectivity index (χ3v) is 1.59. The molecule has 0 aromatic rings. The minimum absolute atomic E-state index is 0.218. The van der Waals surface area contributed by atoms with Crippen molar-refractivity contribution in [3.8, 4) is 0 Å². The van der Waals surface area contributed by atoms with Gasteiger partial charge in [-0.05, 0) is 13.0 Å². The molecule has 0 aliphatic rings. The van der Waals surface area contributed by atoms with Crippen LogP contribution in [0.3, 0.4) is 0 Å². The Balaban J connectivity index is 3.50. The third kappa shape index (κ3) is 6.35. The summed E-state index contributed by atoms with van der Waals surface area (Å²) in [5.41, 5.74) is 1.51. The number of hydrogen-bond donors (Lipinski definition) is 1. The van der Waals surface area contributed by atoms with Crippen molar-refractivity contribution in [2.24, 2.45) is 0 Å². The summed E-state index contributed by atoms with van der Waals surface area (Å²) in [5, 5.41) is 8.66. The van der Waals surface area contributed by atoms with E-state index in [1.54, 1.807) is 0 Å². The fourth-order valence-corrected chi connectivity index (χ4v) is 1.02. The molecule has 0 saturated carbocycles. The van der Waals surface area contributed by atoms with Crippen LogP contribution in [0, 0.1) is 0 Å². The summed E-state index contributed by atoms with van der Waals surface area (Å²) in [6.45, 7) is 4.92. The molecule has 0 aromatic carbocycles. The van der Waals surface area contributed by atoms with Crippen molar-refractivity contribution in [1.29, 1.82) is 0 Å². The standard InChI is InChI=1S/C8H16ClNO/c1-2-5-10(7-8-11)6-3-4-9/h3-4,11H,2,5-8H2,1H3. The SMILES string of the molecule is CCCN(CC=CCl)CCO. The quantitative estimate of drug-likeness (QED) is 0.664. The molecule has 3 heteroatoms. The van der Waals surface area contributed by atoms with Gasteiger partial charge < -0.3 is 5.11 Å². The number of rotatable bonds is 6. The van der Waals surface area contributed by atoms with Gasteiger partial charge in [-0.25, -0.2) is 0 Å². The lowest BCUT2D eigenvalue weighted by molar-refractivity contribution is 0.208. The highest BCUT2D eigenvalue weighted by Gasteiger charge is 1.98. The normalized spacial score (nSPS) is 11.6. The van der Waals surface area contributed by atoms with Crippen LogP contribution in [-0.4, -0.2) is 36.2 Å². The summed E-state index contributed by atoms with van der Waals surface area (Å²) in [6.07, 6.45) is 2.99. The van der Waals surface area contributed by atoms with Crippen molar-refractivity contribution in [3.63, 3.8) is 0 Å². The zero-order valence-corrected chi connectivity index (χ0v) is 7.72. The topological polar surface area (TPSA) is 23.5 Å². The van der Waals surface area contributed by atoms with Crippen molar-refractivity contribution in [3.05, 3.63) is 11.6 Å². The molecule has 0 fully saturated rings. The molecule has 0 heterocycles. The van der Waals surface area contributed by atoms with Crippen molar-refractivity contribution >= 4 is 11.6 Å². The second-order valence-corrected chi connectivity index (χ2v) is 2.64. The Morgan fingerprint density at radius 1 is 1.45 bits per heavy atom. The molecule has 0 aliphatic carbocycles. The van der Waals surface area contributed by atoms with Crippen LogP contribution in [0.15, 0.2) is 11.6 Å². The van der Waals surface area contributed by atoms with Crippen LogP contribution in [0.2, 0.25) is 0 Å². The summed E-state index contributed by atoms with van der Waals surface area (Å²) in [6, 6.07) is 0. The molecule has 0 amide bonds. The average Bonchev–Trinajstić information content (AvgIpc) is 2.01. The third-order valence-electron chi connectivity index (χ3n) is 1.41. The number of aliphatic hydroxyl groups excluding tert-OH is 1. The smallest absolute Gasteiger partial charge is 0.0558 e. The molecule has 11 heavy (non-hydrogen) atoms. The van der Waals surface area contributed by atoms with Gasteiger partial charge in [0.2, 0.25) is 0 Å². The highest BCUT2D eigenvalue weighted by molar-refractivity contribution is 6.25. The first-order valence-electron chi connectivity index (χ1n) is 3.93. The van der Waals surface area contributed by atoms with Gasteiger partial charge in [0, 0.05) is 18.6 Å². The van der Waals surface area contributed by atoms with Crippen LogP contribution >= 0.6 is 11.6 Å². The Hall–Kier alpha value is -0.0500. The van der Waals surface area contributed by atoms with E-state index in [0.29, 0.717) is 0 Å². The predicted octanol–water partition coefficient (Wildman–Crippen LogP) is 1.44. The number of nitrogens with zero attached hydrogens (tertiary/aromatic N) is 1. The molecule has 0 saturated heterocycles. The largest absolute Gasteiger partial charge is 0.395 e. The van der Waals surface area contributed by atoms with Gasteiger partial charge in [0.15, 0.2) is 0 Å². The van der Waals surface area contributed by atoms with Crippen molar-refractivity contribution in [2.45, 2.75) is 13.3 Å². The van der Waals surface area contributed by atoms with E-state index in [0.717, 1.165) is 26.1 Å². The highest BCUT2D eigenvalue weighted by atomic mass is 35.5. The van der Waals surface area contributed by atoms with E-state index >= 15 is 0 Å². The summed E-state index contributed by atoms with van der Waals surface area (Å²) >= 11 is 5.38. The van der Waals surface area contributed by atoms with E-state index in [1.807, 2.05) is 6.08 Å². The van der Waals surface area contributed by atoms with E-state index in [4.69, 9.17) is 16.7 Å². The van der Waals surface area contributed by atoms with Crippen LogP contribution in [0.5, 0.6) is 0 Å². The highest BCUT2D eigenvalue weighted by Crippen LogP contribution is 1.91. The van der Waals surface area contributed by atoms with Crippen molar-refractivity contribution < 1.29 is 5.11 Å². The Labute approximate surface area is 73.5 Å². The van der Waals surface area contributed by atoms with Gasteiger partial charge in [-0.2, -0.15) is 0 Å². The molecular weight excluding hydrogens is 162 g/mol. The summed E-state index contributed by atoms with van der Waals surface area (Å²) in [5.74, 6) is 0. The maximum Gasteiger partial charge on any atom is 0.0558 e. The predicted molar refractivity (Wildman–Crippen MR) is 48.8 cm³/mol. The minimum Gasteiger partial charge on any atom is -0.395 e. The Morgan fingerprint density at radius 2 is 2.18 bits per heavy atom. The van der Waals surface area contributed by atoms with E-state index in [1.165, 1.54) is 5.54 Å². The number of halogens is 1. The fourth-order valence-electron chi connectivity index (χ4n) is 0.941. The van der Waals surface area contributed by atoms with E-state index < -0.39 is 0 Å².